The van der Waals surface area contributed by atoms with E-state index >= 15 is 0 Å². The van der Waals surface area contributed by atoms with Crippen LogP contribution in [-0.4, -0.2) is 83.9 Å². The maximum absolute atomic E-state index is 12.6. The summed E-state index contributed by atoms with van der Waals surface area (Å²) in [6.45, 7) is -0.732. The smallest absolute Gasteiger partial charge is 0.229 e. The molecule has 32 heavy (non-hydrogen) atoms. The highest BCUT2D eigenvalue weighted by atomic mass is 16.7. The van der Waals surface area contributed by atoms with Crippen LogP contribution in [0.25, 0.3) is 6.08 Å². The summed E-state index contributed by atoms with van der Waals surface area (Å²) >= 11 is 0. The van der Waals surface area contributed by atoms with E-state index in [-0.39, 0.29) is 5.75 Å². The zero-order valence-electron chi connectivity index (χ0n) is 16.4. The molecular formula is C21H22O11. The van der Waals surface area contributed by atoms with E-state index < -0.39 is 71.7 Å². The van der Waals surface area contributed by atoms with Gasteiger partial charge in [0.1, 0.15) is 41.5 Å². The van der Waals surface area contributed by atoms with Gasteiger partial charge in [-0.25, -0.2) is 0 Å². The molecule has 0 spiro atoms. The SMILES string of the molecule is O=C(/C=C/c1ccc(O)cc1)c1c(O)cc(O)c(OC2O[C@@H](CO)[C@H](O)[C@@H](O)[C@@H]2O)c1O. The lowest BCUT2D eigenvalue weighted by molar-refractivity contribution is -0.277. The van der Waals surface area contributed by atoms with Crippen LogP contribution in [0.1, 0.15) is 15.9 Å². The second kappa shape index (κ2) is 9.42. The van der Waals surface area contributed by atoms with Gasteiger partial charge in [0.05, 0.1) is 6.61 Å². The molecule has 1 fully saturated rings. The summed E-state index contributed by atoms with van der Waals surface area (Å²) in [7, 11) is 0. The number of aliphatic hydroxyl groups is 4. The van der Waals surface area contributed by atoms with Crippen LogP contribution < -0.4 is 4.74 Å². The Bertz CT molecular complexity index is 1000. The highest BCUT2D eigenvalue weighted by Gasteiger charge is 2.45. The van der Waals surface area contributed by atoms with Crippen LogP contribution in [0.4, 0.5) is 0 Å². The van der Waals surface area contributed by atoms with Gasteiger partial charge in [-0.1, -0.05) is 18.2 Å². The molecule has 1 unspecified atom stereocenters. The van der Waals surface area contributed by atoms with Gasteiger partial charge < -0.3 is 50.3 Å². The zero-order valence-corrected chi connectivity index (χ0v) is 16.4. The van der Waals surface area contributed by atoms with Crippen molar-refractivity contribution < 1.29 is 55.1 Å². The van der Waals surface area contributed by atoms with Crippen LogP contribution in [0.15, 0.2) is 36.4 Å². The van der Waals surface area contributed by atoms with Crippen LogP contribution in [0.3, 0.4) is 0 Å². The molecule has 0 aliphatic carbocycles. The van der Waals surface area contributed by atoms with Crippen molar-refractivity contribution in [2.75, 3.05) is 6.61 Å². The van der Waals surface area contributed by atoms with Crippen molar-refractivity contribution in [1.82, 2.24) is 0 Å². The van der Waals surface area contributed by atoms with E-state index in [0.29, 0.717) is 5.56 Å². The van der Waals surface area contributed by atoms with Gasteiger partial charge in [-0.3, -0.25) is 4.79 Å². The molecule has 3 rings (SSSR count). The van der Waals surface area contributed by atoms with E-state index in [0.717, 1.165) is 12.1 Å². The minimum absolute atomic E-state index is 0.0253. The number of carbonyl (C=O) groups excluding carboxylic acids is 1. The Labute approximate surface area is 181 Å². The first-order chi connectivity index (χ1) is 15.1. The van der Waals surface area contributed by atoms with Crippen molar-refractivity contribution in [1.29, 1.82) is 0 Å². The van der Waals surface area contributed by atoms with E-state index in [9.17, 15) is 45.6 Å². The third-order valence-electron chi connectivity index (χ3n) is 4.86. The Morgan fingerprint density at radius 1 is 0.969 bits per heavy atom. The average molecular weight is 450 g/mol. The Hall–Kier alpha value is -3.35. The van der Waals surface area contributed by atoms with Gasteiger partial charge in [-0.05, 0) is 23.8 Å². The monoisotopic (exact) mass is 450 g/mol. The molecule has 1 heterocycles. The predicted molar refractivity (Wildman–Crippen MR) is 107 cm³/mol. The van der Waals surface area contributed by atoms with E-state index in [1.807, 2.05) is 0 Å². The lowest BCUT2D eigenvalue weighted by atomic mass is 9.99. The van der Waals surface area contributed by atoms with Gasteiger partial charge >= 0.3 is 0 Å². The second-order valence-electron chi connectivity index (χ2n) is 7.07. The lowest BCUT2D eigenvalue weighted by Gasteiger charge is -2.39. The topological polar surface area (TPSA) is 197 Å². The summed E-state index contributed by atoms with van der Waals surface area (Å²) in [5, 5.41) is 78.9. The van der Waals surface area contributed by atoms with Crippen LogP contribution in [0, 0.1) is 0 Å². The minimum Gasteiger partial charge on any atom is -0.508 e. The molecule has 0 saturated carbocycles. The van der Waals surface area contributed by atoms with Crippen molar-refractivity contribution in [3.8, 4) is 28.7 Å². The summed E-state index contributed by atoms with van der Waals surface area (Å²) in [5.41, 5.74) is -0.0934. The van der Waals surface area contributed by atoms with Crippen LogP contribution in [0.2, 0.25) is 0 Å². The predicted octanol–water partition coefficient (Wildman–Crippen LogP) is -0.416. The number of phenolic OH excluding ortho intramolecular Hbond substituents is 4. The Kier molecular flexibility index (Phi) is 6.87. The first kappa shape index (κ1) is 23.3. The highest BCUT2D eigenvalue weighted by Crippen LogP contribution is 2.45. The minimum atomic E-state index is -1.84. The molecule has 0 aromatic heterocycles. The molecule has 0 amide bonds. The third-order valence-corrected chi connectivity index (χ3v) is 4.86. The Morgan fingerprint density at radius 3 is 2.25 bits per heavy atom. The normalized spacial score (nSPS) is 25.7. The molecule has 1 aliphatic heterocycles. The molecule has 5 atom stereocenters. The van der Waals surface area contributed by atoms with Crippen LogP contribution in [-0.2, 0) is 4.74 Å². The van der Waals surface area contributed by atoms with Gasteiger partial charge in [0.2, 0.25) is 12.0 Å². The molecule has 11 heteroatoms. The fraction of sp³-hybridized carbons (Fsp3) is 0.286. The first-order valence-electron chi connectivity index (χ1n) is 9.40. The number of aliphatic hydroxyl groups excluding tert-OH is 4. The number of hydrogen-bond donors (Lipinski definition) is 8. The van der Waals surface area contributed by atoms with E-state index in [2.05, 4.69) is 0 Å². The summed E-state index contributed by atoms with van der Waals surface area (Å²) in [4.78, 5) is 12.6. The quantitative estimate of drug-likeness (QED) is 0.210. The maximum atomic E-state index is 12.6. The average Bonchev–Trinajstić information content (AvgIpc) is 2.75. The summed E-state index contributed by atoms with van der Waals surface area (Å²) in [6.07, 6.45) is -5.95. The van der Waals surface area contributed by atoms with Gasteiger partial charge in [-0.2, -0.15) is 0 Å². The molecule has 1 aliphatic rings. The molecule has 8 N–H and O–H groups in total. The zero-order chi connectivity index (χ0) is 23.6. The number of ether oxygens (including phenoxy) is 2. The first-order valence-corrected chi connectivity index (χ1v) is 9.40. The van der Waals surface area contributed by atoms with Crippen molar-refractivity contribution in [2.45, 2.75) is 30.7 Å². The molecule has 0 radical (unpaired) electrons. The number of hydrogen-bond acceptors (Lipinski definition) is 11. The molecular weight excluding hydrogens is 428 g/mol. The lowest BCUT2D eigenvalue weighted by Crippen LogP contribution is -2.60. The summed E-state index contributed by atoms with van der Waals surface area (Å²) < 4.78 is 10.4. The Balaban J connectivity index is 1.89. The van der Waals surface area contributed by atoms with E-state index in [4.69, 9.17) is 9.47 Å². The highest BCUT2D eigenvalue weighted by molar-refractivity contribution is 6.11. The largest absolute Gasteiger partial charge is 0.508 e. The number of carbonyl (C=O) groups is 1. The van der Waals surface area contributed by atoms with Crippen molar-refractivity contribution in [3.63, 3.8) is 0 Å². The van der Waals surface area contributed by atoms with E-state index in [1.165, 1.54) is 30.3 Å². The van der Waals surface area contributed by atoms with Gasteiger partial charge in [-0.15, -0.1) is 0 Å². The maximum Gasteiger partial charge on any atom is 0.229 e. The third kappa shape index (κ3) is 4.61. The molecule has 11 nitrogen and oxygen atoms in total. The molecule has 0 bridgehead atoms. The van der Waals surface area contributed by atoms with Crippen molar-refractivity contribution in [2.24, 2.45) is 0 Å². The number of ketones is 1. The van der Waals surface area contributed by atoms with Crippen molar-refractivity contribution in [3.05, 3.63) is 47.5 Å². The molecule has 172 valence electrons. The van der Waals surface area contributed by atoms with Gasteiger partial charge in [0.15, 0.2) is 17.3 Å². The summed E-state index contributed by atoms with van der Waals surface area (Å²) in [5.74, 6) is -4.13. The summed E-state index contributed by atoms with van der Waals surface area (Å²) in [6, 6.07) is 6.55. The number of allylic oxidation sites excluding steroid dienone is 1. The van der Waals surface area contributed by atoms with Gasteiger partial charge in [0.25, 0.3) is 0 Å². The molecule has 2 aromatic carbocycles. The van der Waals surface area contributed by atoms with Gasteiger partial charge in [0, 0.05) is 6.07 Å². The second-order valence-corrected chi connectivity index (χ2v) is 7.07. The number of rotatable bonds is 6. The number of aromatic hydroxyl groups is 4. The van der Waals surface area contributed by atoms with Crippen molar-refractivity contribution >= 4 is 11.9 Å². The number of phenols is 4. The van der Waals surface area contributed by atoms with E-state index in [1.54, 1.807) is 0 Å². The standard InChI is InChI=1S/C21H22O11/c22-8-14-16(27)18(29)19(30)21(31-14)32-20-13(26)7-12(25)15(17(20)28)11(24)6-3-9-1-4-10(23)5-2-9/h1-7,14,16,18-19,21-23,25-30H,8H2/b6-3+/t14-,16-,18+,19-,21?/m0/s1. The fourth-order valence-electron chi connectivity index (χ4n) is 3.10. The Morgan fingerprint density at radius 2 is 1.62 bits per heavy atom. The molecule has 2 aromatic rings. The number of benzene rings is 2. The van der Waals surface area contributed by atoms with Crippen LogP contribution in [0.5, 0.6) is 28.7 Å². The molecule has 1 saturated heterocycles. The van der Waals surface area contributed by atoms with Crippen LogP contribution >= 0.6 is 0 Å². The fourth-order valence-corrected chi connectivity index (χ4v) is 3.10.